The van der Waals surface area contributed by atoms with Crippen LogP contribution in [0.4, 0.5) is 5.69 Å². The van der Waals surface area contributed by atoms with Gasteiger partial charge in [0, 0.05) is 18.4 Å². The Kier molecular flexibility index (Phi) is 4.28. The predicted molar refractivity (Wildman–Crippen MR) is 94.3 cm³/mol. The molecule has 0 radical (unpaired) electrons. The number of carbonyl (C=O) groups excluding carboxylic acids is 1. The lowest BCUT2D eigenvalue weighted by atomic mass is 10.0. The van der Waals surface area contributed by atoms with E-state index in [1.165, 1.54) is 0 Å². The molecule has 0 unspecified atom stereocenters. The first-order valence-electron chi connectivity index (χ1n) is 7.79. The molecule has 0 saturated carbocycles. The van der Waals surface area contributed by atoms with E-state index in [2.05, 4.69) is 9.71 Å². The van der Waals surface area contributed by atoms with Gasteiger partial charge >= 0.3 is 0 Å². The zero-order valence-electron chi connectivity index (χ0n) is 13.6. The van der Waals surface area contributed by atoms with Crippen LogP contribution in [0.1, 0.15) is 18.1 Å². The number of carbonyl (C=O) groups is 1. The normalized spacial score (nSPS) is 18.5. The third-order valence-electron chi connectivity index (χ3n) is 4.08. The highest BCUT2D eigenvalue weighted by atomic mass is 32.2. The number of rotatable bonds is 3. The molecule has 2 aliphatic heterocycles. The second-order valence-corrected chi connectivity index (χ2v) is 7.49. The van der Waals surface area contributed by atoms with Gasteiger partial charge in [-0.25, -0.2) is 8.42 Å². The van der Waals surface area contributed by atoms with Crippen molar-refractivity contribution in [1.82, 2.24) is 4.90 Å². The Hall–Kier alpha value is -2.41. The first-order chi connectivity index (χ1) is 11.4. The van der Waals surface area contributed by atoms with Crippen molar-refractivity contribution in [3.05, 3.63) is 53.3 Å². The van der Waals surface area contributed by atoms with Crippen molar-refractivity contribution in [2.24, 2.45) is 4.40 Å². The van der Waals surface area contributed by atoms with Gasteiger partial charge in [-0.2, -0.15) is 0 Å². The Balaban J connectivity index is 1.95. The Morgan fingerprint density at radius 2 is 2.17 bits per heavy atom. The topological polar surface area (TPSA) is 78.8 Å². The van der Waals surface area contributed by atoms with Crippen molar-refractivity contribution in [3.63, 3.8) is 0 Å². The minimum Gasteiger partial charge on any atom is -0.331 e. The van der Waals surface area contributed by atoms with Crippen LogP contribution in [0.15, 0.2) is 46.5 Å². The summed E-state index contributed by atoms with van der Waals surface area (Å²) in [5, 5.41) is 2.92. The summed E-state index contributed by atoms with van der Waals surface area (Å²) >= 11 is 0. The van der Waals surface area contributed by atoms with Gasteiger partial charge in [0.1, 0.15) is 0 Å². The molecule has 126 valence electrons. The van der Waals surface area contributed by atoms with E-state index in [1.807, 2.05) is 32.0 Å². The highest BCUT2D eigenvalue weighted by molar-refractivity contribution is 7.90. The Morgan fingerprint density at radius 3 is 2.92 bits per heavy atom. The molecule has 6 nitrogen and oxygen atoms in total. The van der Waals surface area contributed by atoms with Gasteiger partial charge < -0.3 is 10.2 Å². The maximum atomic E-state index is 12.7. The van der Waals surface area contributed by atoms with E-state index in [4.69, 9.17) is 0 Å². The zero-order chi connectivity index (χ0) is 17.3. The Labute approximate surface area is 141 Å². The number of fused-ring (bicyclic) bond motifs is 1. The lowest BCUT2D eigenvalue weighted by Crippen LogP contribution is -2.41. The van der Waals surface area contributed by atoms with Gasteiger partial charge in [-0.1, -0.05) is 25.1 Å². The van der Waals surface area contributed by atoms with Gasteiger partial charge in [-0.3, -0.25) is 4.79 Å². The Bertz CT molecular complexity index is 882. The van der Waals surface area contributed by atoms with Crippen molar-refractivity contribution in [1.29, 1.82) is 0 Å². The summed E-state index contributed by atoms with van der Waals surface area (Å²) in [6.45, 7) is 4.25. The minimum atomic E-state index is -3.52. The molecule has 0 aromatic heterocycles. The number of sulfonamides is 1. The van der Waals surface area contributed by atoms with Crippen molar-refractivity contribution in [2.75, 3.05) is 17.6 Å². The quantitative estimate of drug-likeness (QED) is 0.909. The van der Waals surface area contributed by atoms with Crippen LogP contribution in [0.25, 0.3) is 0 Å². The maximum Gasteiger partial charge on any atom is 0.259 e. The number of hydrogen-bond donors (Lipinski definition) is 1. The summed E-state index contributed by atoms with van der Waals surface area (Å²) in [7, 11) is -3.52. The lowest BCUT2D eigenvalue weighted by molar-refractivity contribution is -0.112. The molecule has 0 atom stereocenters. The monoisotopic (exact) mass is 345 g/mol. The number of nitrogens with one attached hydrogen (secondary N) is 1. The van der Waals surface area contributed by atoms with Crippen LogP contribution >= 0.6 is 0 Å². The molecule has 1 amide bonds. The van der Waals surface area contributed by atoms with Gasteiger partial charge in [0.15, 0.2) is 5.84 Å². The van der Waals surface area contributed by atoms with Crippen LogP contribution in [-0.2, 0) is 21.2 Å². The molecular weight excluding hydrogens is 326 g/mol. The first-order valence-corrected chi connectivity index (χ1v) is 9.40. The molecule has 1 aromatic rings. The van der Waals surface area contributed by atoms with Crippen molar-refractivity contribution < 1.29 is 13.2 Å². The second kappa shape index (κ2) is 6.24. The molecule has 2 aliphatic rings. The number of amides is 1. The number of hydrogen-bond acceptors (Lipinski definition) is 4. The van der Waals surface area contributed by atoms with Crippen LogP contribution in [0, 0.1) is 6.92 Å². The number of allylic oxidation sites excluding steroid dienone is 2. The van der Waals surface area contributed by atoms with E-state index in [9.17, 15) is 13.2 Å². The van der Waals surface area contributed by atoms with Crippen molar-refractivity contribution in [2.45, 2.75) is 20.3 Å². The molecule has 24 heavy (non-hydrogen) atoms. The minimum absolute atomic E-state index is 0.0481. The van der Waals surface area contributed by atoms with Gasteiger partial charge in [0.25, 0.3) is 15.9 Å². The van der Waals surface area contributed by atoms with Gasteiger partial charge in [0.2, 0.25) is 0 Å². The molecule has 1 N–H and O–H groups in total. The van der Waals surface area contributed by atoms with Gasteiger partial charge in [-0.15, -0.1) is 4.40 Å². The summed E-state index contributed by atoms with van der Waals surface area (Å²) in [5.41, 5.74) is 3.02. The average Bonchev–Trinajstić information content (AvgIpc) is 2.55. The third-order valence-corrected chi connectivity index (χ3v) is 5.23. The molecule has 0 spiro atoms. The standard InChI is InChI=1S/C17H19N3O3S/c1-3-13-7-4-6-12(2)15(13)18-17(21)14-8-5-9-20-10-11-24(22,23)19-16(14)20/h4-9H,3,10-11H2,1-2H3,(H,18,21). The molecular formula is C17H19N3O3S. The zero-order valence-corrected chi connectivity index (χ0v) is 14.4. The maximum absolute atomic E-state index is 12.7. The van der Waals surface area contributed by atoms with Crippen molar-refractivity contribution in [3.8, 4) is 0 Å². The van der Waals surface area contributed by atoms with Gasteiger partial charge in [0.05, 0.1) is 11.3 Å². The SMILES string of the molecule is CCc1cccc(C)c1NC(=O)C1=CC=CN2CCS(=O)(=O)N=C12. The van der Waals surface area contributed by atoms with E-state index in [0.29, 0.717) is 6.54 Å². The largest absolute Gasteiger partial charge is 0.331 e. The Morgan fingerprint density at radius 1 is 1.38 bits per heavy atom. The molecule has 1 aromatic carbocycles. The van der Waals surface area contributed by atoms with Crippen LogP contribution in [-0.4, -0.2) is 37.4 Å². The number of nitrogens with zero attached hydrogens (tertiary/aromatic N) is 2. The fourth-order valence-corrected chi connectivity index (χ4v) is 3.76. The van der Waals surface area contributed by atoms with E-state index < -0.39 is 10.0 Å². The van der Waals surface area contributed by atoms with Crippen LogP contribution in [0.5, 0.6) is 0 Å². The highest BCUT2D eigenvalue weighted by Crippen LogP contribution is 2.24. The average molecular weight is 345 g/mol. The van der Waals surface area contributed by atoms with Gasteiger partial charge in [-0.05, 0) is 36.6 Å². The fraction of sp³-hybridized carbons (Fsp3) is 0.294. The second-order valence-electron chi connectivity index (χ2n) is 5.73. The van der Waals surface area contributed by atoms with Crippen LogP contribution < -0.4 is 5.32 Å². The summed E-state index contributed by atoms with van der Waals surface area (Å²) in [6.07, 6.45) is 5.84. The number of aryl methyl sites for hydroxylation is 2. The van der Waals surface area contributed by atoms with E-state index in [1.54, 1.807) is 23.3 Å². The summed E-state index contributed by atoms with van der Waals surface area (Å²) in [5.74, 6) is -0.217. The smallest absolute Gasteiger partial charge is 0.259 e. The van der Waals surface area contributed by atoms with Crippen molar-refractivity contribution >= 4 is 27.5 Å². The summed E-state index contributed by atoms with van der Waals surface area (Å²) in [4.78, 5) is 14.4. The lowest BCUT2D eigenvalue weighted by Gasteiger charge is -2.28. The number of benzene rings is 1. The number of anilines is 1. The molecule has 7 heteroatoms. The summed E-state index contributed by atoms with van der Waals surface area (Å²) < 4.78 is 27.4. The number of amidine groups is 1. The van der Waals surface area contributed by atoms with E-state index in [0.717, 1.165) is 23.2 Å². The van der Waals surface area contributed by atoms with Crippen LogP contribution in [0.2, 0.25) is 0 Å². The molecule has 2 heterocycles. The summed E-state index contributed by atoms with van der Waals surface area (Å²) in [6, 6.07) is 5.84. The first kappa shape index (κ1) is 16.4. The molecule has 3 rings (SSSR count). The molecule has 0 fully saturated rings. The van der Waals surface area contributed by atoms with Crippen LogP contribution in [0.3, 0.4) is 0 Å². The number of para-hydroxylation sites is 1. The molecule has 0 saturated heterocycles. The fourth-order valence-electron chi connectivity index (χ4n) is 2.78. The molecule has 0 bridgehead atoms. The van der Waals surface area contributed by atoms with E-state index in [-0.39, 0.29) is 23.1 Å². The highest BCUT2D eigenvalue weighted by Gasteiger charge is 2.30. The molecule has 0 aliphatic carbocycles. The predicted octanol–water partition coefficient (Wildman–Crippen LogP) is 1.99. The third kappa shape index (κ3) is 3.12. The van der Waals surface area contributed by atoms with E-state index >= 15 is 0 Å².